The van der Waals surface area contributed by atoms with E-state index in [1.807, 2.05) is 36.4 Å². The molecule has 4 amide bonds. The summed E-state index contributed by atoms with van der Waals surface area (Å²) >= 11 is 6.40. The van der Waals surface area contributed by atoms with Crippen molar-refractivity contribution in [2.45, 2.75) is 18.3 Å². The Kier molecular flexibility index (Phi) is 9.13. The normalized spacial score (nSPS) is 24.6. The number of para-hydroxylation sites is 2. The lowest BCUT2D eigenvalue weighted by molar-refractivity contribution is -0.139. The molecule has 3 fully saturated rings. The molecule has 13 heteroatoms. The Balaban J connectivity index is 1.07. The molecule has 6 atom stereocenters. The van der Waals surface area contributed by atoms with Crippen molar-refractivity contribution in [3.05, 3.63) is 155 Å². The highest BCUT2D eigenvalue weighted by Gasteiger charge is 2.69. The van der Waals surface area contributed by atoms with Gasteiger partial charge in [0.2, 0.25) is 17.7 Å². The second-order valence-corrected chi connectivity index (χ2v) is 16.2. The number of anilines is 2. The molecule has 4 aliphatic rings. The van der Waals surface area contributed by atoms with Gasteiger partial charge in [0, 0.05) is 16.5 Å². The van der Waals surface area contributed by atoms with Crippen LogP contribution >= 0.6 is 11.6 Å². The molecule has 2 aliphatic carbocycles. The van der Waals surface area contributed by atoms with Crippen molar-refractivity contribution < 1.29 is 37.8 Å². The molecule has 2 N–H and O–H groups in total. The quantitative estimate of drug-likeness (QED) is 0.114. The number of ether oxygens (including phenoxy) is 1. The fourth-order valence-corrected chi connectivity index (χ4v) is 10.0. The van der Waals surface area contributed by atoms with Crippen LogP contribution in [0.3, 0.4) is 0 Å². The van der Waals surface area contributed by atoms with Crippen molar-refractivity contribution in [2.24, 2.45) is 29.6 Å². The van der Waals surface area contributed by atoms with Crippen molar-refractivity contribution in [1.29, 1.82) is 0 Å². The van der Waals surface area contributed by atoms with Crippen LogP contribution in [0.15, 0.2) is 137 Å². The average molecular weight is 835 g/mol. The fraction of sp³-hybridized carbons (Fsp3) is 0.188. The lowest BCUT2D eigenvalue weighted by Gasteiger charge is -2.49. The number of hydrazine groups is 1. The summed E-state index contributed by atoms with van der Waals surface area (Å²) in [6.45, 7) is 0. The Morgan fingerprint density at radius 3 is 2.39 bits per heavy atom. The van der Waals surface area contributed by atoms with Gasteiger partial charge in [0.15, 0.2) is 17.1 Å². The molecule has 0 spiro atoms. The van der Waals surface area contributed by atoms with E-state index in [0.29, 0.717) is 50.1 Å². The first-order chi connectivity index (χ1) is 29.6. The molecular formula is C48H36ClFN4O7. The summed E-state index contributed by atoms with van der Waals surface area (Å²) in [5, 5.41) is 11.8. The molecule has 0 bridgehead atoms. The minimum Gasteiger partial charge on any atom is -0.504 e. The summed E-state index contributed by atoms with van der Waals surface area (Å²) in [5.41, 5.74) is 6.11. The molecule has 304 valence electrons. The number of carbonyl (C=O) groups is 4. The van der Waals surface area contributed by atoms with E-state index in [1.54, 1.807) is 66.7 Å². The number of nitrogens with zero attached hydrogens (tertiary/aromatic N) is 3. The van der Waals surface area contributed by atoms with E-state index in [4.69, 9.17) is 20.8 Å². The lowest BCUT2D eigenvalue weighted by atomic mass is 9.50. The number of amides is 4. The molecule has 0 unspecified atom stereocenters. The van der Waals surface area contributed by atoms with E-state index in [9.17, 15) is 23.9 Å². The van der Waals surface area contributed by atoms with Crippen molar-refractivity contribution in [2.75, 3.05) is 17.4 Å². The van der Waals surface area contributed by atoms with Crippen LogP contribution in [-0.2, 0) is 24.6 Å². The third-order valence-electron chi connectivity index (χ3n) is 12.7. The monoisotopic (exact) mass is 834 g/mol. The second kappa shape index (κ2) is 14.6. The standard InChI is InChI=1S/C48H36ClFN4O7/c1-60-41-24-26(7-23-39(41)55)6-22-36-33-20-21-34-42(46(58)53(44(34)56)32-18-8-27(9-19-32)43-51-38-4-2-3-5-40(38)61-43)35(33)25-37-45(57)54(52-31-16-14-30(50)15-17-31)47(59)48(36,37)28-10-12-29(49)13-11-28/h2-20,22-24,34-37,42,52,55H,21,25H2,1H3/t34-,35+,36-,37-,42-,48-/m0/s1. The predicted octanol–water partition coefficient (Wildman–Crippen LogP) is 8.74. The van der Waals surface area contributed by atoms with Crippen LogP contribution in [0.2, 0.25) is 5.02 Å². The van der Waals surface area contributed by atoms with E-state index >= 15 is 4.79 Å². The molecule has 3 heterocycles. The first kappa shape index (κ1) is 38.2. The van der Waals surface area contributed by atoms with Gasteiger partial charge in [0.05, 0.1) is 41.7 Å². The van der Waals surface area contributed by atoms with Gasteiger partial charge in [-0.25, -0.2) is 9.37 Å². The molecule has 0 radical (unpaired) electrons. The fourth-order valence-electron chi connectivity index (χ4n) is 9.91. The van der Waals surface area contributed by atoms with E-state index in [1.165, 1.54) is 42.3 Å². The number of halogens is 2. The number of oxazole rings is 1. The lowest BCUT2D eigenvalue weighted by Crippen LogP contribution is -2.54. The van der Waals surface area contributed by atoms with Gasteiger partial charge in [0.25, 0.3) is 11.8 Å². The van der Waals surface area contributed by atoms with Gasteiger partial charge in [-0.3, -0.25) is 29.5 Å². The van der Waals surface area contributed by atoms with Crippen LogP contribution in [0.25, 0.3) is 28.6 Å². The van der Waals surface area contributed by atoms with Gasteiger partial charge in [-0.1, -0.05) is 65.7 Å². The van der Waals surface area contributed by atoms with Crippen LogP contribution in [0.4, 0.5) is 15.8 Å². The van der Waals surface area contributed by atoms with Gasteiger partial charge in [-0.2, -0.15) is 5.01 Å². The zero-order valence-corrected chi connectivity index (χ0v) is 33.3. The number of phenols is 1. The van der Waals surface area contributed by atoms with Gasteiger partial charge < -0.3 is 14.3 Å². The summed E-state index contributed by atoms with van der Waals surface area (Å²) in [6, 6.07) is 31.4. The van der Waals surface area contributed by atoms with Crippen LogP contribution in [0, 0.1) is 35.4 Å². The van der Waals surface area contributed by atoms with E-state index in [0.717, 1.165) is 10.6 Å². The number of allylic oxidation sites excluding steroid dienone is 3. The molecule has 10 rings (SSSR count). The zero-order valence-electron chi connectivity index (χ0n) is 32.5. The topological polar surface area (TPSA) is 142 Å². The number of hydrogen-bond acceptors (Lipinski definition) is 9. The maximum absolute atomic E-state index is 15.3. The van der Waals surface area contributed by atoms with Gasteiger partial charge in [-0.05, 0) is 115 Å². The van der Waals surface area contributed by atoms with Crippen molar-refractivity contribution >= 4 is 63.8 Å². The average Bonchev–Trinajstić information content (AvgIpc) is 3.89. The van der Waals surface area contributed by atoms with E-state index in [-0.39, 0.29) is 36.2 Å². The van der Waals surface area contributed by atoms with Crippen molar-refractivity contribution in [3.8, 4) is 23.0 Å². The molecule has 2 saturated heterocycles. The largest absolute Gasteiger partial charge is 0.504 e. The number of aromatic nitrogens is 1. The number of rotatable bonds is 8. The highest BCUT2D eigenvalue weighted by molar-refractivity contribution is 6.30. The number of hydrogen-bond donors (Lipinski definition) is 2. The number of imide groups is 2. The van der Waals surface area contributed by atoms with Gasteiger partial charge in [0.1, 0.15) is 11.3 Å². The number of nitrogens with one attached hydrogen (secondary N) is 1. The summed E-state index contributed by atoms with van der Waals surface area (Å²) in [6.07, 6.45) is 5.95. The van der Waals surface area contributed by atoms with Crippen LogP contribution in [0.5, 0.6) is 11.5 Å². The summed E-state index contributed by atoms with van der Waals surface area (Å²) < 4.78 is 25.3. The van der Waals surface area contributed by atoms with Gasteiger partial charge in [-0.15, -0.1) is 0 Å². The molecule has 1 saturated carbocycles. The Morgan fingerprint density at radius 1 is 0.902 bits per heavy atom. The van der Waals surface area contributed by atoms with Crippen molar-refractivity contribution in [1.82, 2.24) is 9.99 Å². The first-order valence-corrected chi connectivity index (χ1v) is 20.2. The van der Waals surface area contributed by atoms with Crippen LogP contribution in [0.1, 0.15) is 24.0 Å². The maximum atomic E-state index is 15.3. The zero-order chi connectivity index (χ0) is 42.2. The number of aromatic hydroxyl groups is 1. The third kappa shape index (κ3) is 6.03. The number of phenolic OH excluding ortho intramolecular Hbond substituents is 1. The molecule has 1 aromatic heterocycles. The number of benzene rings is 5. The SMILES string of the molecule is COc1cc(C=C[C@H]2C3=CC[C@@H]4C(=O)N(c5ccc(-c6nc7ccccc7o6)cc5)C(=O)[C@@H]4[C@@H]3C[C@H]3C(=O)N(Nc4ccc(F)cc4)C(=O)[C@@]23c2ccc(Cl)cc2)ccc1O. The Morgan fingerprint density at radius 2 is 1.66 bits per heavy atom. The molecule has 61 heavy (non-hydrogen) atoms. The summed E-state index contributed by atoms with van der Waals surface area (Å²) in [5.74, 6) is -5.61. The third-order valence-corrected chi connectivity index (χ3v) is 12.9. The minimum absolute atomic E-state index is 0.0509. The smallest absolute Gasteiger partial charge is 0.260 e. The van der Waals surface area contributed by atoms with Gasteiger partial charge >= 0.3 is 0 Å². The van der Waals surface area contributed by atoms with E-state index < -0.39 is 52.6 Å². The molecule has 2 aliphatic heterocycles. The number of methoxy groups -OCH3 is 1. The molecule has 6 aromatic rings. The Hall–Kier alpha value is -7.05. The summed E-state index contributed by atoms with van der Waals surface area (Å²) in [4.78, 5) is 65.1. The Labute approximate surface area is 353 Å². The number of carbonyl (C=O) groups excluding carboxylic acids is 4. The highest BCUT2D eigenvalue weighted by Crippen LogP contribution is 2.62. The minimum atomic E-state index is -1.53. The molecule has 11 nitrogen and oxygen atoms in total. The number of fused-ring (bicyclic) bond motifs is 5. The van der Waals surface area contributed by atoms with E-state index in [2.05, 4.69) is 10.4 Å². The molecular weight excluding hydrogens is 799 g/mol. The predicted molar refractivity (Wildman–Crippen MR) is 225 cm³/mol. The second-order valence-electron chi connectivity index (χ2n) is 15.8. The highest BCUT2D eigenvalue weighted by atomic mass is 35.5. The first-order valence-electron chi connectivity index (χ1n) is 19.8. The van der Waals surface area contributed by atoms with Crippen molar-refractivity contribution in [3.63, 3.8) is 0 Å². The summed E-state index contributed by atoms with van der Waals surface area (Å²) in [7, 11) is 1.44. The maximum Gasteiger partial charge on any atom is 0.260 e. The van der Waals surface area contributed by atoms with Crippen LogP contribution in [-0.4, -0.2) is 45.8 Å². The Bertz CT molecular complexity index is 2810. The molecule has 5 aromatic carbocycles. The van der Waals surface area contributed by atoms with Crippen LogP contribution < -0.4 is 15.1 Å².